The molecule has 1 fully saturated rings. The van der Waals surface area contributed by atoms with E-state index in [1.54, 1.807) is 12.1 Å². The van der Waals surface area contributed by atoms with Crippen LogP contribution in [0.2, 0.25) is 0 Å². The molecule has 0 saturated carbocycles. The number of halogens is 1. The summed E-state index contributed by atoms with van der Waals surface area (Å²) >= 11 is 0. The summed E-state index contributed by atoms with van der Waals surface area (Å²) in [4.78, 5) is 28.6. The van der Waals surface area contributed by atoms with Crippen LogP contribution in [0.5, 0.6) is 5.75 Å². The highest BCUT2D eigenvalue weighted by Crippen LogP contribution is 2.21. The lowest BCUT2D eigenvalue weighted by Crippen LogP contribution is -2.51. The van der Waals surface area contributed by atoms with Gasteiger partial charge in [-0.05, 0) is 53.9 Å². The predicted octanol–water partition coefficient (Wildman–Crippen LogP) is 3.39. The van der Waals surface area contributed by atoms with Crippen LogP contribution in [0.3, 0.4) is 0 Å². The van der Waals surface area contributed by atoms with Crippen LogP contribution in [0.15, 0.2) is 83.8 Å². The Bertz CT molecular complexity index is 1410. The van der Waals surface area contributed by atoms with Crippen LogP contribution in [-0.4, -0.2) is 74.9 Å². The van der Waals surface area contributed by atoms with Crippen LogP contribution in [0.25, 0.3) is 0 Å². The average molecular weight is 598 g/mol. The van der Waals surface area contributed by atoms with E-state index in [4.69, 9.17) is 9.47 Å². The summed E-state index contributed by atoms with van der Waals surface area (Å²) in [6.07, 6.45) is 1.01. The van der Waals surface area contributed by atoms with Crippen LogP contribution in [0.1, 0.15) is 24.5 Å². The summed E-state index contributed by atoms with van der Waals surface area (Å²) in [5, 5.41) is 2.90. The molecule has 1 heterocycles. The van der Waals surface area contributed by atoms with Crippen LogP contribution in [0.4, 0.5) is 4.39 Å². The molecule has 1 aliphatic heterocycles. The summed E-state index contributed by atoms with van der Waals surface area (Å²) in [7, 11) is -3.67. The van der Waals surface area contributed by atoms with E-state index in [2.05, 4.69) is 5.32 Å². The highest BCUT2D eigenvalue weighted by Gasteiger charge is 2.31. The second-order valence-electron chi connectivity index (χ2n) is 9.92. The summed E-state index contributed by atoms with van der Waals surface area (Å²) in [5.41, 5.74) is 1.54. The molecule has 11 heteroatoms. The number of ether oxygens (including phenoxy) is 2. The fourth-order valence-electron chi connectivity index (χ4n) is 4.58. The molecule has 0 aromatic heterocycles. The van der Waals surface area contributed by atoms with Crippen molar-refractivity contribution in [3.05, 3.63) is 95.8 Å². The van der Waals surface area contributed by atoms with Gasteiger partial charge >= 0.3 is 0 Å². The van der Waals surface area contributed by atoms with Crippen molar-refractivity contribution in [1.29, 1.82) is 0 Å². The van der Waals surface area contributed by atoms with Crippen LogP contribution >= 0.6 is 0 Å². The molecule has 0 aliphatic carbocycles. The number of carbonyl (C=O) groups is 2. The molecule has 0 bridgehead atoms. The molecule has 3 aromatic carbocycles. The SMILES string of the molecule is CCCNC(=O)[C@H](Cc1ccccc1)N(Cc1ccc(F)cc1)C(=O)COc1ccc(S(=O)(=O)N2CCOCC2)cc1. The maximum Gasteiger partial charge on any atom is 0.261 e. The molecule has 0 unspecified atom stereocenters. The van der Waals surface area contributed by atoms with Gasteiger partial charge in [-0.25, -0.2) is 12.8 Å². The van der Waals surface area contributed by atoms with Gasteiger partial charge in [0, 0.05) is 32.6 Å². The quantitative estimate of drug-likeness (QED) is 0.324. The molecule has 9 nitrogen and oxygen atoms in total. The number of nitrogens with one attached hydrogen (secondary N) is 1. The Morgan fingerprint density at radius 3 is 2.29 bits per heavy atom. The van der Waals surface area contributed by atoms with E-state index in [0.29, 0.717) is 31.1 Å². The molecule has 1 atom stereocenters. The fourth-order valence-corrected chi connectivity index (χ4v) is 5.99. The third kappa shape index (κ3) is 8.37. The van der Waals surface area contributed by atoms with Crippen molar-refractivity contribution in [2.45, 2.75) is 37.2 Å². The lowest BCUT2D eigenvalue weighted by Gasteiger charge is -2.31. The van der Waals surface area contributed by atoms with Crippen molar-refractivity contribution >= 4 is 21.8 Å². The molecule has 42 heavy (non-hydrogen) atoms. The third-order valence-electron chi connectivity index (χ3n) is 6.88. The van der Waals surface area contributed by atoms with Gasteiger partial charge in [-0.1, -0.05) is 49.4 Å². The number of amides is 2. The lowest BCUT2D eigenvalue weighted by atomic mass is 10.0. The highest BCUT2D eigenvalue weighted by molar-refractivity contribution is 7.89. The summed E-state index contributed by atoms with van der Waals surface area (Å²) in [5.74, 6) is -0.840. The summed E-state index contributed by atoms with van der Waals surface area (Å²) < 4.78 is 51.8. The minimum atomic E-state index is -3.67. The first-order chi connectivity index (χ1) is 20.3. The zero-order valence-electron chi connectivity index (χ0n) is 23.6. The number of nitrogens with zero attached hydrogens (tertiary/aromatic N) is 2. The van der Waals surface area contributed by atoms with Gasteiger partial charge in [0.2, 0.25) is 15.9 Å². The van der Waals surface area contributed by atoms with E-state index in [0.717, 1.165) is 12.0 Å². The second kappa shape index (κ2) is 14.9. The van der Waals surface area contributed by atoms with Crippen LogP contribution in [0, 0.1) is 5.82 Å². The Kier molecular flexibility index (Phi) is 11.0. The van der Waals surface area contributed by atoms with Crippen molar-refractivity contribution in [1.82, 2.24) is 14.5 Å². The highest BCUT2D eigenvalue weighted by atomic mass is 32.2. The zero-order chi connectivity index (χ0) is 30.0. The van der Waals surface area contributed by atoms with Crippen LogP contribution < -0.4 is 10.1 Å². The monoisotopic (exact) mass is 597 g/mol. The average Bonchev–Trinajstić information content (AvgIpc) is 3.02. The molecular weight excluding hydrogens is 561 g/mol. The minimum absolute atomic E-state index is 0.0657. The van der Waals surface area contributed by atoms with Gasteiger partial charge in [-0.15, -0.1) is 0 Å². The maximum atomic E-state index is 13.7. The molecule has 1 saturated heterocycles. The zero-order valence-corrected chi connectivity index (χ0v) is 24.4. The van der Waals surface area contributed by atoms with Gasteiger partial charge in [-0.3, -0.25) is 9.59 Å². The van der Waals surface area contributed by atoms with Crippen LogP contribution in [-0.2, 0) is 37.3 Å². The smallest absolute Gasteiger partial charge is 0.261 e. The van der Waals surface area contributed by atoms with Gasteiger partial charge in [0.05, 0.1) is 18.1 Å². The van der Waals surface area contributed by atoms with Crippen molar-refractivity contribution in [3.8, 4) is 5.75 Å². The topological polar surface area (TPSA) is 105 Å². The molecule has 0 radical (unpaired) electrons. The predicted molar refractivity (Wildman–Crippen MR) is 156 cm³/mol. The Hall–Kier alpha value is -3.80. The van der Waals surface area contributed by atoms with Gasteiger partial charge in [0.1, 0.15) is 17.6 Å². The van der Waals surface area contributed by atoms with Crippen molar-refractivity contribution < 1.29 is 31.9 Å². The number of sulfonamides is 1. The van der Waals surface area contributed by atoms with Crippen molar-refractivity contribution in [2.75, 3.05) is 39.5 Å². The normalized spacial score (nSPS) is 14.6. The lowest BCUT2D eigenvalue weighted by molar-refractivity contribution is -0.142. The minimum Gasteiger partial charge on any atom is -0.484 e. The van der Waals surface area contributed by atoms with Gasteiger partial charge in [0.15, 0.2) is 6.61 Å². The number of benzene rings is 3. The van der Waals surface area contributed by atoms with E-state index >= 15 is 0 Å². The number of carbonyl (C=O) groups excluding carboxylic acids is 2. The van der Waals surface area contributed by atoms with E-state index in [1.165, 1.54) is 45.6 Å². The first-order valence-electron chi connectivity index (χ1n) is 13.9. The Labute approximate surface area is 246 Å². The Morgan fingerprint density at radius 2 is 1.64 bits per heavy atom. The Morgan fingerprint density at radius 1 is 0.976 bits per heavy atom. The summed E-state index contributed by atoms with van der Waals surface area (Å²) in [6.45, 7) is 3.35. The number of hydrogen-bond acceptors (Lipinski definition) is 6. The number of rotatable bonds is 13. The Balaban J connectivity index is 1.53. The van der Waals surface area contributed by atoms with Gasteiger partial charge in [-0.2, -0.15) is 4.31 Å². The van der Waals surface area contributed by atoms with Crippen molar-refractivity contribution in [2.24, 2.45) is 0 Å². The largest absolute Gasteiger partial charge is 0.484 e. The molecule has 3 aromatic rings. The molecule has 1 N–H and O–H groups in total. The maximum absolute atomic E-state index is 13.7. The van der Waals surface area contributed by atoms with Gasteiger partial charge < -0.3 is 19.7 Å². The first-order valence-corrected chi connectivity index (χ1v) is 15.4. The molecular formula is C31H36FN3O6S. The van der Waals surface area contributed by atoms with Gasteiger partial charge in [0.25, 0.3) is 5.91 Å². The number of hydrogen-bond donors (Lipinski definition) is 1. The molecule has 2 amide bonds. The van der Waals surface area contributed by atoms with E-state index < -0.39 is 27.8 Å². The molecule has 0 spiro atoms. The first kappa shape index (κ1) is 31.1. The van der Waals surface area contributed by atoms with E-state index in [9.17, 15) is 22.4 Å². The molecule has 224 valence electrons. The van der Waals surface area contributed by atoms with E-state index in [-0.39, 0.29) is 43.5 Å². The fraction of sp³-hybridized carbons (Fsp3) is 0.355. The second-order valence-corrected chi connectivity index (χ2v) is 11.9. The van der Waals surface area contributed by atoms with E-state index in [1.807, 2.05) is 37.3 Å². The summed E-state index contributed by atoms with van der Waals surface area (Å²) in [6, 6.07) is 20.2. The standard InChI is InChI=1S/C31H36FN3O6S/c1-2-16-33-31(37)29(21-24-6-4-3-5-7-24)35(22-25-8-10-26(32)11-9-25)30(36)23-41-27-12-14-28(15-13-27)42(38,39)34-17-19-40-20-18-34/h3-15,29H,2,16-23H2,1H3,(H,33,37)/t29-/m0/s1. The molecule has 1 aliphatic rings. The molecule has 4 rings (SSSR count). The third-order valence-corrected chi connectivity index (χ3v) is 8.79. The number of morpholine rings is 1. The van der Waals surface area contributed by atoms with Crippen molar-refractivity contribution in [3.63, 3.8) is 0 Å².